The maximum Gasteiger partial charge on any atom is 0.262 e. The average molecular weight is 497 g/mol. The predicted octanol–water partition coefficient (Wildman–Crippen LogP) is 4.62. The van der Waals surface area contributed by atoms with Crippen LogP contribution in [0.3, 0.4) is 0 Å². The number of aliphatic hydroxyl groups excluding tert-OH is 1. The molecule has 3 N–H and O–H groups in total. The van der Waals surface area contributed by atoms with Crippen molar-refractivity contribution in [3.8, 4) is 5.75 Å². The second kappa shape index (κ2) is 10.5. The number of carbonyl (C=O) groups excluding carboxylic acids is 1. The van der Waals surface area contributed by atoms with Crippen molar-refractivity contribution in [3.63, 3.8) is 0 Å². The van der Waals surface area contributed by atoms with Crippen LogP contribution in [0.25, 0.3) is 0 Å². The molecule has 3 aromatic carbocycles. The van der Waals surface area contributed by atoms with Gasteiger partial charge in [-0.3, -0.25) is 9.52 Å². The molecule has 0 aliphatic rings. The van der Waals surface area contributed by atoms with Gasteiger partial charge in [0.05, 0.1) is 28.8 Å². The molecule has 0 fully saturated rings. The van der Waals surface area contributed by atoms with Crippen molar-refractivity contribution in [3.05, 3.63) is 88.0 Å². The quantitative estimate of drug-likeness (QED) is 0.422. The van der Waals surface area contributed by atoms with Crippen molar-refractivity contribution in [1.29, 1.82) is 0 Å². The molecule has 0 aliphatic heterocycles. The third-order valence-electron chi connectivity index (χ3n) is 6.28. The zero-order valence-corrected chi connectivity index (χ0v) is 21.5. The molecule has 0 aliphatic carbocycles. The number of hydrogen-bond acceptors (Lipinski definition) is 5. The lowest BCUT2D eigenvalue weighted by Gasteiger charge is -2.25. The van der Waals surface area contributed by atoms with Crippen LogP contribution in [0.15, 0.2) is 59.5 Å². The van der Waals surface area contributed by atoms with E-state index in [2.05, 4.69) is 4.72 Å². The van der Waals surface area contributed by atoms with Crippen molar-refractivity contribution in [2.24, 2.45) is 0 Å². The molecule has 0 saturated carbocycles. The Morgan fingerprint density at radius 1 is 0.971 bits per heavy atom. The molecular weight excluding hydrogens is 464 g/mol. The van der Waals surface area contributed by atoms with E-state index in [1.54, 1.807) is 57.2 Å². The number of carbonyl (C=O) groups is 1. The number of benzene rings is 3. The van der Waals surface area contributed by atoms with E-state index in [1.807, 2.05) is 19.9 Å². The fourth-order valence-electron chi connectivity index (χ4n) is 4.11. The summed E-state index contributed by atoms with van der Waals surface area (Å²) in [5.41, 5.74) is 3.89. The fourth-order valence-corrected chi connectivity index (χ4v) is 5.81. The molecule has 0 aromatic heterocycles. The van der Waals surface area contributed by atoms with Gasteiger partial charge in [-0.1, -0.05) is 30.3 Å². The zero-order chi connectivity index (χ0) is 25.9. The minimum Gasteiger partial charge on any atom is -0.508 e. The van der Waals surface area contributed by atoms with E-state index in [-0.39, 0.29) is 28.4 Å². The maximum atomic E-state index is 13.5. The molecule has 0 radical (unpaired) electrons. The Morgan fingerprint density at radius 2 is 1.60 bits per heavy atom. The van der Waals surface area contributed by atoms with Gasteiger partial charge in [0.2, 0.25) is 0 Å². The lowest BCUT2D eigenvalue weighted by molar-refractivity contribution is 0.0636. The summed E-state index contributed by atoms with van der Waals surface area (Å²) in [4.78, 5) is 15.1. The van der Waals surface area contributed by atoms with Gasteiger partial charge < -0.3 is 15.1 Å². The zero-order valence-electron chi connectivity index (χ0n) is 20.7. The number of amides is 1. The van der Waals surface area contributed by atoms with Crippen LogP contribution >= 0.6 is 0 Å². The highest BCUT2D eigenvalue weighted by atomic mass is 32.2. The van der Waals surface area contributed by atoms with Crippen molar-refractivity contribution >= 4 is 21.6 Å². The smallest absolute Gasteiger partial charge is 0.262 e. The van der Waals surface area contributed by atoms with E-state index in [1.165, 1.54) is 17.0 Å². The highest BCUT2D eigenvalue weighted by Crippen LogP contribution is 2.29. The first-order valence-electron chi connectivity index (χ1n) is 11.4. The summed E-state index contributed by atoms with van der Waals surface area (Å²) in [6, 6.07) is 14.6. The summed E-state index contributed by atoms with van der Waals surface area (Å²) >= 11 is 0. The van der Waals surface area contributed by atoms with E-state index in [9.17, 15) is 23.4 Å². The minimum absolute atomic E-state index is 0.0187. The number of para-hydroxylation sites is 1. The number of nitrogens with one attached hydrogen (secondary N) is 1. The molecule has 0 spiro atoms. The molecule has 3 aromatic rings. The summed E-state index contributed by atoms with van der Waals surface area (Å²) < 4.78 is 29.5. The highest BCUT2D eigenvalue weighted by Gasteiger charge is 2.26. The maximum absolute atomic E-state index is 13.5. The second-order valence-electron chi connectivity index (χ2n) is 8.70. The lowest BCUT2D eigenvalue weighted by atomic mass is 10.0. The number of sulfonamides is 1. The molecule has 0 saturated heterocycles. The van der Waals surface area contributed by atoms with Crippen LogP contribution in [-0.2, 0) is 10.0 Å². The van der Waals surface area contributed by atoms with Crippen LogP contribution in [0.1, 0.15) is 51.2 Å². The van der Waals surface area contributed by atoms with Crippen LogP contribution in [-0.4, -0.2) is 42.5 Å². The van der Waals surface area contributed by atoms with Crippen molar-refractivity contribution in [2.45, 2.75) is 45.6 Å². The van der Waals surface area contributed by atoms with E-state index in [4.69, 9.17) is 0 Å². The van der Waals surface area contributed by atoms with E-state index < -0.39 is 22.0 Å². The minimum atomic E-state index is -3.98. The van der Waals surface area contributed by atoms with Gasteiger partial charge in [-0.25, -0.2) is 8.42 Å². The fraction of sp³-hybridized carbons (Fsp3) is 0.296. The lowest BCUT2D eigenvalue weighted by Crippen LogP contribution is -2.35. The number of likely N-dealkylation sites (N-methyl/N-ethyl adjacent to an activating group) is 1. The van der Waals surface area contributed by atoms with Crippen LogP contribution in [0, 0.1) is 27.7 Å². The van der Waals surface area contributed by atoms with Crippen LogP contribution < -0.4 is 4.72 Å². The Hall–Kier alpha value is -3.36. The van der Waals surface area contributed by atoms with Gasteiger partial charge in [-0.15, -0.1) is 0 Å². The SMILES string of the molecule is CCN(C[C@@H](O)c1cccc(O)c1)C(=O)c1ccccc1NS(=O)(=O)c1c(C)c(C)cc(C)c1C. The highest BCUT2D eigenvalue weighted by molar-refractivity contribution is 7.92. The number of phenols is 1. The summed E-state index contributed by atoms with van der Waals surface area (Å²) in [6.45, 7) is 9.34. The molecule has 186 valence electrons. The summed E-state index contributed by atoms with van der Waals surface area (Å²) in [7, 11) is -3.98. The predicted molar refractivity (Wildman–Crippen MR) is 137 cm³/mol. The van der Waals surface area contributed by atoms with E-state index in [0.29, 0.717) is 23.2 Å². The van der Waals surface area contributed by atoms with Crippen molar-refractivity contribution in [2.75, 3.05) is 17.8 Å². The van der Waals surface area contributed by atoms with Crippen LogP contribution in [0.4, 0.5) is 5.69 Å². The average Bonchev–Trinajstić information content (AvgIpc) is 2.80. The summed E-state index contributed by atoms with van der Waals surface area (Å²) in [6.07, 6.45) is -1.02. The van der Waals surface area contributed by atoms with Crippen LogP contribution in [0.5, 0.6) is 5.75 Å². The standard InChI is InChI=1S/C27H32N2O5S/c1-6-29(16-25(31)21-10-9-11-22(30)15-21)27(32)23-12-7-8-13-24(23)28-35(33,34)26-19(4)17(2)14-18(3)20(26)5/h7-15,25,28,30-31H,6,16H2,1-5H3/t25-/m1/s1. The Morgan fingerprint density at radius 3 is 2.20 bits per heavy atom. The normalized spacial score (nSPS) is 12.3. The van der Waals surface area contributed by atoms with Gasteiger partial charge >= 0.3 is 0 Å². The summed E-state index contributed by atoms with van der Waals surface area (Å²) in [5.74, 6) is -0.397. The first-order chi connectivity index (χ1) is 16.5. The molecule has 3 rings (SSSR count). The third kappa shape index (κ3) is 5.66. The number of nitrogens with zero attached hydrogens (tertiary/aromatic N) is 1. The number of aromatic hydroxyl groups is 1. The molecule has 0 bridgehead atoms. The van der Waals surface area contributed by atoms with E-state index >= 15 is 0 Å². The molecular formula is C27H32N2O5S. The molecule has 1 atom stereocenters. The number of aliphatic hydroxyl groups is 1. The summed E-state index contributed by atoms with van der Waals surface area (Å²) in [5, 5.41) is 20.3. The monoisotopic (exact) mass is 496 g/mol. The first-order valence-corrected chi connectivity index (χ1v) is 12.9. The number of rotatable bonds is 8. The molecule has 1 amide bonds. The largest absolute Gasteiger partial charge is 0.508 e. The Bertz CT molecular complexity index is 1330. The number of anilines is 1. The number of phenolic OH excluding ortho intramolecular Hbond substituents is 1. The van der Waals surface area contributed by atoms with Gasteiger partial charge in [0.25, 0.3) is 15.9 Å². The van der Waals surface area contributed by atoms with Gasteiger partial charge in [-0.05, 0) is 86.7 Å². The van der Waals surface area contributed by atoms with Crippen LogP contribution in [0.2, 0.25) is 0 Å². The Kier molecular flexibility index (Phi) is 7.87. The molecule has 0 heterocycles. The molecule has 0 unspecified atom stereocenters. The first kappa shape index (κ1) is 26.2. The van der Waals surface area contributed by atoms with Gasteiger partial charge in [-0.2, -0.15) is 0 Å². The second-order valence-corrected chi connectivity index (χ2v) is 10.3. The number of hydrogen-bond donors (Lipinski definition) is 3. The van der Waals surface area contributed by atoms with E-state index in [0.717, 1.165) is 11.1 Å². The third-order valence-corrected chi connectivity index (χ3v) is 7.92. The number of aryl methyl sites for hydroxylation is 2. The Balaban J connectivity index is 1.93. The topological polar surface area (TPSA) is 107 Å². The molecule has 8 heteroatoms. The van der Waals surface area contributed by atoms with Crippen molar-refractivity contribution in [1.82, 2.24) is 4.90 Å². The Labute approximate surface area is 207 Å². The van der Waals surface area contributed by atoms with Crippen molar-refractivity contribution < 1.29 is 23.4 Å². The molecule has 7 nitrogen and oxygen atoms in total. The van der Waals surface area contributed by atoms with Gasteiger partial charge in [0.15, 0.2) is 0 Å². The molecule has 35 heavy (non-hydrogen) atoms. The van der Waals surface area contributed by atoms with Gasteiger partial charge in [0.1, 0.15) is 5.75 Å². The van der Waals surface area contributed by atoms with Gasteiger partial charge in [0, 0.05) is 6.54 Å².